The molecular formula is C52H54N2O4S4. The molecule has 0 aromatic carbocycles. The lowest BCUT2D eigenvalue weighted by Gasteiger charge is -2.39. The highest BCUT2D eigenvalue weighted by Crippen LogP contribution is 2.70. The van der Waals surface area contributed by atoms with Crippen LogP contribution in [0.15, 0.2) is 22.1 Å². The van der Waals surface area contributed by atoms with Gasteiger partial charge in [0.25, 0.3) is 0 Å². The van der Waals surface area contributed by atoms with Gasteiger partial charge >= 0.3 is 0 Å². The Morgan fingerprint density at radius 2 is 0.758 bits per heavy atom. The Balaban J connectivity index is 0.848. The SMILES string of the molecule is O=C1C(=Nc2cc3c(s2)-c2sc4c5c(sc4c2C32CCCCC2)-c2sc(N=C3C(=O)C4CC6CCCCC6CC4C3=O)cc2C52CCCCC2)C(=O)C2CC3CCCCC3CC12. The lowest BCUT2D eigenvalue weighted by Crippen LogP contribution is -2.35. The Hall–Kier alpha value is -2.92. The minimum absolute atomic E-state index is 0.0227. The van der Waals surface area contributed by atoms with Crippen LogP contribution in [-0.4, -0.2) is 34.6 Å². The number of hydrogen-bond donors (Lipinski definition) is 0. The van der Waals surface area contributed by atoms with Gasteiger partial charge in [0.2, 0.25) is 0 Å². The third-order valence-electron chi connectivity index (χ3n) is 18.8. The van der Waals surface area contributed by atoms with Crippen molar-refractivity contribution in [3.63, 3.8) is 0 Å². The van der Waals surface area contributed by atoms with E-state index in [-0.39, 0.29) is 69.1 Å². The van der Waals surface area contributed by atoms with Crippen molar-refractivity contribution in [1.29, 1.82) is 0 Å². The van der Waals surface area contributed by atoms with Gasteiger partial charge in [0.05, 0.1) is 28.9 Å². The topological polar surface area (TPSA) is 93.0 Å². The van der Waals surface area contributed by atoms with E-state index < -0.39 is 0 Å². The van der Waals surface area contributed by atoms with Crippen molar-refractivity contribution in [2.45, 2.75) is 152 Å². The van der Waals surface area contributed by atoms with E-state index in [1.54, 1.807) is 33.8 Å². The summed E-state index contributed by atoms with van der Waals surface area (Å²) in [6.07, 6.45) is 25.2. The van der Waals surface area contributed by atoms with Gasteiger partial charge in [-0.1, -0.05) is 89.9 Å². The molecule has 0 radical (unpaired) electrons. The average Bonchev–Trinajstić information content (AvgIpc) is 4.18. The van der Waals surface area contributed by atoms with Crippen LogP contribution in [0, 0.1) is 47.3 Å². The molecule has 62 heavy (non-hydrogen) atoms. The number of thiophene rings is 4. The molecule has 8 unspecified atom stereocenters. The van der Waals surface area contributed by atoms with Crippen molar-refractivity contribution >= 4 is 99.3 Å². The predicted molar refractivity (Wildman–Crippen MR) is 252 cm³/mol. The average molecular weight is 899 g/mol. The fraction of sp³-hybridized carbons (Fsp3) is 0.615. The number of aliphatic imine (C=N–C) groups is 2. The molecule has 10 aliphatic carbocycles. The van der Waals surface area contributed by atoms with Gasteiger partial charge < -0.3 is 0 Å². The summed E-state index contributed by atoms with van der Waals surface area (Å²) in [6, 6.07) is 4.59. The first-order chi connectivity index (χ1) is 30.3. The van der Waals surface area contributed by atoms with Crippen molar-refractivity contribution in [1.82, 2.24) is 0 Å². The number of carbonyl (C=O) groups is 4. The Kier molecular flexibility index (Phi) is 8.54. The van der Waals surface area contributed by atoms with E-state index in [9.17, 15) is 19.2 Å². The van der Waals surface area contributed by atoms with Crippen molar-refractivity contribution in [2.24, 2.45) is 57.3 Å². The summed E-state index contributed by atoms with van der Waals surface area (Å²) >= 11 is 7.48. The van der Waals surface area contributed by atoms with E-state index in [2.05, 4.69) is 12.1 Å². The molecule has 8 saturated carbocycles. The maximum Gasteiger partial charge on any atom is 0.188 e. The molecule has 4 aromatic rings. The zero-order chi connectivity index (χ0) is 41.2. The first kappa shape index (κ1) is 38.4. The maximum atomic E-state index is 14.0. The molecule has 8 fully saturated rings. The molecule has 2 spiro atoms. The summed E-state index contributed by atoms with van der Waals surface area (Å²) in [6.45, 7) is 0. The smallest absolute Gasteiger partial charge is 0.188 e. The summed E-state index contributed by atoms with van der Waals surface area (Å²) in [7, 11) is 0. The van der Waals surface area contributed by atoms with Crippen LogP contribution in [0.3, 0.4) is 0 Å². The van der Waals surface area contributed by atoms with Gasteiger partial charge in [0.15, 0.2) is 34.6 Å². The fourth-order valence-corrected chi connectivity index (χ4v) is 21.8. The molecule has 14 rings (SSSR count). The maximum absolute atomic E-state index is 14.0. The Bertz CT molecular complexity index is 2470. The third kappa shape index (κ3) is 5.13. The van der Waals surface area contributed by atoms with Gasteiger partial charge in [-0.25, -0.2) is 9.98 Å². The van der Waals surface area contributed by atoms with E-state index in [1.807, 2.05) is 22.7 Å². The summed E-state index contributed by atoms with van der Waals surface area (Å²) in [5.41, 5.74) is 6.26. The fourth-order valence-electron chi connectivity index (χ4n) is 16.0. The Morgan fingerprint density at radius 3 is 1.10 bits per heavy atom. The highest BCUT2D eigenvalue weighted by Gasteiger charge is 2.56. The second kappa shape index (κ2) is 13.8. The molecule has 0 aliphatic heterocycles. The summed E-state index contributed by atoms with van der Waals surface area (Å²) in [5, 5.41) is 1.69. The van der Waals surface area contributed by atoms with Gasteiger partial charge in [0, 0.05) is 45.6 Å². The van der Waals surface area contributed by atoms with Gasteiger partial charge in [-0.3, -0.25) is 19.2 Å². The quantitative estimate of drug-likeness (QED) is 0.200. The molecule has 0 saturated heterocycles. The minimum Gasteiger partial charge on any atom is -0.292 e. The molecule has 0 N–H and O–H groups in total. The molecule has 4 heterocycles. The van der Waals surface area contributed by atoms with Crippen molar-refractivity contribution in [2.75, 3.05) is 0 Å². The zero-order valence-corrected chi connectivity index (χ0v) is 38.8. The van der Waals surface area contributed by atoms with Crippen LogP contribution in [0.2, 0.25) is 0 Å². The number of fused-ring (bicyclic) bond motifs is 17. The standard InChI is InChI=1S/C52H54N2O4S4/c55-41-29-19-25-11-3-4-12-26(25)20-30(29)42(56)39(41)53-35-23-33-45(59-35)47-37(51(33)15-7-1-8-16-51)49-50(61-47)38-48(62-49)46-34(52(38)17-9-2-10-18-52)24-36(60-46)54-40-43(57)31-21-27-13-5-6-14-28(27)22-32(31)44(40)58/h23-32H,1-22H2. The van der Waals surface area contributed by atoms with Crippen LogP contribution in [0.5, 0.6) is 0 Å². The molecule has 4 aromatic heterocycles. The molecule has 0 bridgehead atoms. The molecule has 320 valence electrons. The van der Waals surface area contributed by atoms with E-state index in [1.165, 1.54) is 130 Å². The monoisotopic (exact) mass is 898 g/mol. The van der Waals surface area contributed by atoms with Crippen LogP contribution < -0.4 is 0 Å². The van der Waals surface area contributed by atoms with Crippen molar-refractivity contribution < 1.29 is 19.2 Å². The number of ketones is 4. The van der Waals surface area contributed by atoms with Crippen LogP contribution in [0.4, 0.5) is 10.0 Å². The second-order valence-electron chi connectivity index (χ2n) is 21.6. The Labute approximate surface area is 379 Å². The number of carbonyl (C=O) groups excluding carboxylic acids is 4. The highest BCUT2D eigenvalue weighted by molar-refractivity contribution is 7.35. The lowest BCUT2D eigenvalue weighted by molar-refractivity contribution is -0.123. The van der Waals surface area contributed by atoms with E-state index >= 15 is 0 Å². The first-order valence-electron chi connectivity index (χ1n) is 24.5. The van der Waals surface area contributed by atoms with Crippen LogP contribution in [-0.2, 0) is 30.0 Å². The molecule has 6 nitrogen and oxygen atoms in total. The van der Waals surface area contributed by atoms with Crippen molar-refractivity contribution in [3.8, 4) is 19.5 Å². The molecule has 8 atom stereocenters. The second-order valence-corrected chi connectivity index (χ2v) is 25.7. The largest absolute Gasteiger partial charge is 0.292 e. The van der Waals surface area contributed by atoms with Crippen LogP contribution in [0.25, 0.3) is 28.9 Å². The van der Waals surface area contributed by atoms with E-state index in [4.69, 9.17) is 9.98 Å². The molecule has 10 aliphatic rings. The number of Topliss-reactive ketones (excluding diaryl/α,β-unsaturated/α-hetero) is 4. The van der Waals surface area contributed by atoms with Crippen LogP contribution >= 0.6 is 45.3 Å². The minimum atomic E-state index is -0.157. The number of nitrogens with zero attached hydrogens (tertiary/aromatic N) is 2. The molecule has 10 heteroatoms. The van der Waals surface area contributed by atoms with Gasteiger partial charge in [-0.15, -0.1) is 45.3 Å². The van der Waals surface area contributed by atoms with E-state index in [0.717, 1.165) is 61.4 Å². The first-order valence-corrected chi connectivity index (χ1v) is 27.8. The normalized spacial score (nSPS) is 33.7. The lowest BCUT2D eigenvalue weighted by atomic mass is 9.64. The predicted octanol–water partition coefficient (Wildman–Crippen LogP) is 13.7. The molecule has 0 amide bonds. The van der Waals surface area contributed by atoms with Gasteiger partial charge in [-0.05, 0) is 98.3 Å². The Morgan fingerprint density at radius 1 is 0.419 bits per heavy atom. The van der Waals surface area contributed by atoms with Crippen LogP contribution in [0.1, 0.15) is 164 Å². The number of rotatable bonds is 2. The van der Waals surface area contributed by atoms with Gasteiger partial charge in [0.1, 0.15) is 10.0 Å². The number of hydrogen-bond acceptors (Lipinski definition) is 10. The van der Waals surface area contributed by atoms with Gasteiger partial charge in [-0.2, -0.15) is 0 Å². The van der Waals surface area contributed by atoms with E-state index in [0.29, 0.717) is 23.7 Å². The highest BCUT2D eigenvalue weighted by atomic mass is 32.1. The summed E-state index contributed by atoms with van der Waals surface area (Å²) in [4.78, 5) is 71.4. The summed E-state index contributed by atoms with van der Waals surface area (Å²) < 4.78 is 2.95. The third-order valence-corrected chi connectivity index (χ3v) is 23.8. The summed E-state index contributed by atoms with van der Waals surface area (Å²) in [5.74, 6) is 1.86. The molecular weight excluding hydrogens is 845 g/mol. The zero-order valence-electron chi connectivity index (χ0n) is 35.5. The van der Waals surface area contributed by atoms with Crippen molar-refractivity contribution in [3.05, 3.63) is 34.4 Å².